The monoisotopic (exact) mass is 462 g/mol. The molecule has 0 radical (unpaired) electrons. The number of nitrogens with zero attached hydrogens (tertiary/aromatic N) is 1. The van der Waals surface area contributed by atoms with Gasteiger partial charge in [0, 0.05) is 18.7 Å². The number of anilines is 1. The van der Waals surface area contributed by atoms with Crippen molar-refractivity contribution in [2.45, 2.75) is 18.7 Å². The Morgan fingerprint density at radius 3 is 2.34 bits per heavy atom. The molecule has 0 fully saturated rings. The van der Waals surface area contributed by atoms with Gasteiger partial charge in [-0.2, -0.15) is 4.31 Å². The number of sulfonamides is 1. The van der Waals surface area contributed by atoms with Crippen LogP contribution in [0.1, 0.15) is 22.8 Å². The van der Waals surface area contributed by atoms with Crippen LogP contribution in [-0.4, -0.2) is 57.4 Å². The average Bonchev–Trinajstić information content (AvgIpc) is 3.19. The number of hydrogen-bond donors (Lipinski definition) is 1. The lowest BCUT2D eigenvalue weighted by molar-refractivity contribution is -0.147. The minimum Gasteiger partial charge on any atom is -0.455 e. The Hall–Kier alpha value is -3.44. The van der Waals surface area contributed by atoms with Crippen molar-refractivity contribution in [2.75, 3.05) is 32.3 Å². The van der Waals surface area contributed by atoms with E-state index < -0.39 is 35.1 Å². The summed E-state index contributed by atoms with van der Waals surface area (Å²) in [5.74, 6) is -1.17. The zero-order chi connectivity index (χ0) is 23.5. The van der Waals surface area contributed by atoms with Gasteiger partial charge < -0.3 is 19.5 Å². The van der Waals surface area contributed by atoms with Crippen molar-refractivity contribution in [1.82, 2.24) is 4.31 Å². The number of likely N-dealkylation sites (N-methyl/N-ethyl adjacent to an activating group) is 1. The fraction of sp³-hybridized carbons (Fsp3) is 0.286. The van der Waals surface area contributed by atoms with Gasteiger partial charge in [-0.25, -0.2) is 8.42 Å². The number of aryl methyl sites for hydroxylation is 1. The van der Waals surface area contributed by atoms with E-state index in [1.165, 1.54) is 38.2 Å². The van der Waals surface area contributed by atoms with Crippen LogP contribution in [0.15, 0.2) is 41.3 Å². The third kappa shape index (κ3) is 5.24. The van der Waals surface area contributed by atoms with Crippen LogP contribution in [0.2, 0.25) is 0 Å². The highest BCUT2D eigenvalue weighted by Crippen LogP contribution is 2.37. The summed E-state index contributed by atoms with van der Waals surface area (Å²) < 4.78 is 41.3. The highest BCUT2D eigenvalue weighted by atomic mass is 32.2. The Morgan fingerprint density at radius 1 is 1.09 bits per heavy atom. The van der Waals surface area contributed by atoms with E-state index in [9.17, 15) is 22.8 Å². The molecule has 1 aliphatic heterocycles. The molecule has 1 aliphatic rings. The lowest BCUT2D eigenvalue weighted by Gasteiger charge is -2.16. The van der Waals surface area contributed by atoms with E-state index in [1.54, 1.807) is 12.1 Å². The molecule has 0 saturated heterocycles. The normalized spacial score (nSPS) is 12.5. The summed E-state index contributed by atoms with van der Waals surface area (Å²) in [6, 6.07) is 9.08. The van der Waals surface area contributed by atoms with E-state index in [1.807, 2.05) is 6.92 Å². The second-order valence-corrected chi connectivity index (χ2v) is 9.14. The third-order valence-electron chi connectivity index (χ3n) is 4.61. The van der Waals surface area contributed by atoms with Crippen LogP contribution >= 0.6 is 0 Å². The van der Waals surface area contributed by atoms with Gasteiger partial charge in [-0.1, -0.05) is 17.7 Å². The fourth-order valence-corrected chi connectivity index (χ4v) is 3.99. The lowest BCUT2D eigenvalue weighted by atomic mass is 10.1. The van der Waals surface area contributed by atoms with E-state index in [4.69, 9.17) is 14.2 Å². The summed E-state index contributed by atoms with van der Waals surface area (Å²) in [4.78, 5) is 36.2. The number of carbonyl (C=O) groups excluding carboxylic acids is 3. The van der Waals surface area contributed by atoms with Gasteiger partial charge in [-0.3, -0.25) is 14.4 Å². The van der Waals surface area contributed by atoms with E-state index in [2.05, 4.69) is 5.32 Å². The van der Waals surface area contributed by atoms with Gasteiger partial charge in [0.1, 0.15) is 6.54 Å². The SMILES string of the molecule is CC(=O)c1cc2c(cc1NC(=O)COC(=O)CN(C)S(=O)(=O)c1ccc(C)cc1)OCO2. The molecule has 2 aromatic carbocycles. The van der Waals surface area contributed by atoms with Crippen LogP contribution in [0.25, 0.3) is 0 Å². The Balaban J connectivity index is 1.58. The summed E-state index contributed by atoms with van der Waals surface area (Å²) in [6.45, 7) is 1.92. The van der Waals surface area contributed by atoms with Crippen molar-refractivity contribution in [3.63, 3.8) is 0 Å². The lowest BCUT2D eigenvalue weighted by Crippen LogP contribution is -2.34. The third-order valence-corrected chi connectivity index (χ3v) is 6.43. The summed E-state index contributed by atoms with van der Waals surface area (Å²) in [6.07, 6.45) is 0. The molecule has 0 unspecified atom stereocenters. The van der Waals surface area contributed by atoms with Crippen molar-refractivity contribution >= 4 is 33.4 Å². The number of hydrogen-bond acceptors (Lipinski definition) is 8. The van der Waals surface area contributed by atoms with Gasteiger partial charge in [-0.15, -0.1) is 0 Å². The molecule has 0 spiro atoms. The molecule has 0 saturated carbocycles. The maximum atomic E-state index is 12.5. The molecule has 1 heterocycles. The van der Waals surface area contributed by atoms with E-state index in [0.717, 1.165) is 9.87 Å². The summed E-state index contributed by atoms with van der Waals surface area (Å²) in [5.41, 5.74) is 1.28. The molecule has 0 aliphatic carbocycles. The van der Waals surface area contributed by atoms with Crippen LogP contribution in [0.4, 0.5) is 5.69 Å². The second-order valence-electron chi connectivity index (χ2n) is 7.09. The summed E-state index contributed by atoms with van der Waals surface area (Å²) in [7, 11) is -2.65. The molecule has 2 aromatic rings. The van der Waals surface area contributed by atoms with Gasteiger partial charge >= 0.3 is 5.97 Å². The van der Waals surface area contributed by atoms with E-state index >= 15 is 0 Å². The highest BCUT2D eigenvalue weighted by molar-refractivity contribution is 7.89. The Bertz CT molecular complexity index is 1160. The first-order valence-electron chi connectivity index (χ1n) is 9.51. The Morgan fingerprint density at radius 2 is 1.72 bits per heavy atom. The first kappa shape index (κ1) is 23.2. The molecule has 1 N–H and O–H groups in total. The fourth-order valence-electron chi connectivity index (χ4n) is 2.87. The molecular formula is C21H22N2O8S. The first-order valence-corrected chi connectivity index (χ1v) is 10.9. The van der Waals surface area contributed by atoms with Gasteiger partial charge in [0.2, 0.25) is 16.8 Å². The van der Waals surface area contributed by atoms with Crippen LogP contribution in [0.3, 0.4) is 0 Å². The Kier molecular flexibility index (Phi) is 6.80. The van der Waals surface area contributed by atoms with Crippen LogP contribution < -0.4 is 14.8 Å². The number of Topliss-reactive ketones (excluding diaryl/α,β-unsaturated/α-hetero) is 1. The summed E-state index contributed by atoms with van der Waals surface area (Å²) >= 11 is 0. The number of esters is 1. The zero-order valence-corrected chi connectivity index (χ0v) is 18.5. The molecule has 11 heteroatoms. The van der Waals surface area contributed by atoms with Crippen LogP contribution in [0.5, 0.6) is 11.5 Å². The van der Waals surface area contributed by atoms with Crippen molar-refractivity contribution in [3.8, 4) is 11.5 Å². The molecule has 1 amide bonds. The number of nitrogens with one attached hydrogen (secondary N) is 1. The largest absolute Gasteiger partial charge is 0.455 e. The topological polar surface area (TPSA) is 128 Å². The average molecular weight is 462 g/mol. The molecule has 0 atom stereocenters. The Labute approximate surface area is 185 Å². The van der Waals surface area contributed by atoms with Gasteiger partial charge in [0.15, 0.2) is 23.9 Å². The molecule has 32 heavy (non-hydrogen) atoms. The molecule has 3 rings (SSSR count). The number of ether oxygens (including phenoxy) is 3. The number of rotatable bonds is 8. The van der Waals surface area contributed by atoms with E-state index in [0.29, 0.717) is 11.5 Å². The predicted octanol–water partition coefficient (Wildman–Crippen LogP) is 1.73. The zero-order valence-electron chi connectivity index (χ0n) is 17.7. The maximum Gasteiger partial charge on any atom is 0.321 e. The molecule has 170 valence electrons. The second kappa shape index (κ2) is 9.37. The quantitative estimate of drug-likeness (QED) is 0.464. The van der Waals surface area contributed by atoms with Crippen molar-refractivity contribution in [1.29, 1.82) is 0 Å². The number of benzene rings is 2. The molecule has 0 aromatic heterocycles. The number of fused-ring (bicyclic) bond motifs is 1. The molecule has 10 nitrogen and oxygen atoms in total. The predicted molar refractivity (Wildman–Crippen MR) is 113 cm³/mol. The maximum absolute atomic E-state index is 12.5. The minimum absolute atomic E-state index is 0.000699. The number of ketones is 1. The van der Waals surface area contributed by atoms with Crippen LogP contribution in [-0.2, 0) is 24.3 Å². The van der Waals surface area contributed by atoms with Crippen molar-refractivity contribution < 1.29 is 37.0 Å². The smallest absolute Gasteiger partial charge is 0.321 e. The van der Waals surface area contributed by atoms with Crippen molar-refractivity contribution in [2.24, 2.45) is 0 Å². The molecular weight excluding hydrogens is 440 g/mol. The van der Waals surface area contributed by atoms with Gasteiger partial charge in [-0.05, 0) is 32.0 Å². The van der Waals surface area contributed by atoms with Crippen LogP contribution in [0, 0.1) is 6.92 Å². The first-order chi connectivity index (χ1) is 15.1. The number of carbonyl (C=O) groups is 3. The highest BCUT2D eigenvalue weighted by Gasteiger charge is 2.24. The van der Waals surface area contributed by atoms with Gasteiger partial charge in [0.25, 0.3) is 5.91 Å². The van der Waals surface area contributed by atoms with E-state index in [-0.39, 0.29) is 28.7 Å². The van der Waals surface area contributed by atoms with Crippen molar-refractivity contribution in [3.05, 3.63) is 47.5 Å². The molecule has 0 bridgehead atoms. The summed E-state index contributed by atoms with van der Waals surface area (Å²) in [5, 5.41) is 2.49. The standard InChI is InChI=1S/C21H22N2O8S/c1-13-4-6-15(7-5-13)32(27,28)23(3)10-21(26)29-11-20(25)22-17-9-19-18(30-12-31-19)8-16(17)14(2)24/h4-9H,10-12H2,1-3H3,(H,22,25). The number of amides is 1. The van der Waals surface area contributed by atoms with Gasteiger partial charge in [0.05, 0.1) is 10.6 Å². The minimum atomic E-state index is -3.89.